The number of alkyl halides is 1. The van der Waals surface area contributed by atoms with Gasteiger partial charge in [-0.25, -0.2) is 0 Å². The SMILES string of the molecule is COC(=O)C(CCBr)(C(=O)OC)C(=O)OC. The Morgan fingerprint density at radius 2 is 1.25 bits per heavy atom. The first-order chi connectivity index (χ1) is 7.50. The zero-order valence-corrected chi connectivity index (χ0v) is 10.8. The van der Waals surface area contributed by atoms with Crippen molar-refractivity contribution in [3.05, 3.63) is 0 Å². The highest BCUT2D eigenvalue weighted by atomic mass is 79.9. The van der Waals surface area contributed by atoms with Crippen molar-refractivity contribution in [2.24, 2.45) is 5.41 Å². The third-order valence-electron chi connectivity index (χ3n) is 2.07. The maximum Gasteiger partial charge on any atom is 0.334 e. The van der Waals surface area contributed by atoms with Gasteiger partial charge in [-0.3, -0.25) is 14.4 Å². The predicted molar refractivity (Wildman–Crippen MR) is 56.9 cm³/mol. The molecule has 0 atom stereocenters. The number of carbonyl (C=O) groups excluding carboxylic acids is 3. The summed E-state index contributed by atoms with van der Waals surface area (Å²) >= 11 is 3.05. The van der Waals surface area contributed by atoms with E-state index in [0.29, 0.717) is 0 Å². The van der Waals surface area contributed by atoms with E-state index in [9.17, 15) is 14.4 Å². The minimum absolute atomic E-state index is 0.0982. The Kier molecular flexibility index (Phi) is 6.02. The molecule has 0 saturated heterocycles. The number of esters is 3. The molecule has 0 spiro atoms. The maximum absolute atomic E-state index is 11.6. The van der Waals surface area contributed by atoms with Crippen molar-refractivity contribution >= 4 is 33.8 Å². The zero-order chi connectivity index (χ0) is 12.8. The number of hydrogen-bond donors (Lipinski definition) is 0. The monoisotopic (exact) mass is 296 g/mol. The summed E-state index contributed by atoms with van der Waals surface area (Å²) in [6.07, 6.45) is -0.0982. The highest BCUT2D eigenvalue weighted by molar-refractivity contribution is 9.09. The van der Waals surface area contributed by atoms with Crippen molar-refractivity contribution in [2.45, 2.75) is 6.42 Å². The van der Waals surface area contributed by atoms with Crippen LogP contribution in [0.2, 0.25) is 0 Å². The summed E-state index contributed by atoms with van der Waals surface area (Å²) in [6.45, 7) is 0. The topological polar surface area (TPSA) is 78.9 Å². The van der Waals surface area contributed by atoms with E-state index >= 15 is 0 Å². The second-order valence-corrected chi connectivity index (χ2v) is 3.61. The van der Waals surface area contributed by atoms with Crippen molar-refractivity contribution in [3.63, 3.8) is 0 Å². The maximum atomic E-state index is 11.6. The molecule has 0 radical (unpaired) electrons. The molecule has 0 rings (SSSR count). The largest absolute Gasteiger partial charge is 0.468 e. The van der Waals surface area contributed by atoms with Gasteiger partial charge in [0, 0.05) is 5.33 Å². The lowest BCUT2D eigenvalue weighted by atomic mass is 9.85. The Morgan fingerprint density at radius 3 is 1.44 bits per heavy atom. The van der Waals surface area contributed by atoms with Gasteiger partial charge < -0.3 is 14.2 Å². The van der Waals surface area contributed by atoms with E-state index in [1.54, 1.807) is 0 Å². The van der Waals surface area contributed by atoms with E-state index in [1.807, 2.05) is 0 Å². The van der Waals surface area contributed by atoms with Gasteiger partial charge in [-0.1, -0.05) is 15.9 Å². The molecular weight excluding hydrogens is 284 g/mol. The van der Waals surface area contributed by atoms with E-state index in [-0.39, 0.29) is 11.8 Å². The molecule has 92 valence electrons. The molecule has 0 N–H and O–H groups in total. The summed E-state index contributed by atoms with van der Waals surface area (Å²) in [5.74, 6) is -2.98. The molecule has 0 heterocycles. The van der Waals surface area contributed by atoms with Gasteiger partial charge in [-0.2, -0.15) is 0 Å². The van der Waals surface area contributed by atoms with E-state index in [1.165, 1.54) is 0 Å². The average molecular weight is 297 g/mol. The van der Waals surface area contributed by atoms with Crippen molar-refractivity contribution in [1.29, 1.82) is 0 Å². The minimum atomic E-state index is -2.05. The van der Waals surface area contributed by atoms with Gasteiger partial charge in [-0.15, -0.1) is 0 Å². The van der Waals surface area contributed by atoms with E-state index in [4.69, 9.17) is 0 Å². The van der Waals surface area contributed by atoms with Crippen LogP contribution in [0.1, 0.15) is 6.42 Å². The van der Waals surface area contributed by atoms with E-state index < -0.39 is 23.3 Å². The van der Waals surface area contributed by atoms with E-state index in [2.05, 4.69) is 30.1 Å². The summed E-state index contributed by atoms with van der Waals surface area (Å²) in [4.78, 5) is 34.7. The van der Waals surface area contributed by atoms with Gasteiger partial charge in [0.25, 0.3) is 5.41 Å². The third-order valence-corrected chi connectivity index (χ3v) is 2.47. The Hall–Kier alpha value is -1.11. The molecule has 0 unspecified atom stereocenters. The summed E-state index contributed by atoms with van der Waals surface area (Å²) in [5.41, 5.74) is -2.05. The second-order valence-electron chi connectivity index (χ2n) is 2.82. The highest BCUT2D eigenvalue weighted by Crippen LogP contribution is 2.28. The third kappa shape index (κ3) is 2.52. The lowest BCUT2D eigenvalue weighted by molar-refractivity contribution is -0.180. The highest BCUT2D eigenvalue weighted by Gasteiger charge is 2.56. The molecule has 0 saturated carbocycles. The minimum Gasteiger partial charge on any atom is -0.468 e. The van der Waals surface area contributed by atoms with Crippen LogP contribution in [0.5, 0.6) is 0 Å². The Morgan fingerprint density at radius 1 is 0.938 bits per heavy atom. The fraction of sp³-hybridized carbons (Fsp3) is 0.667. The number of carbonyl (C=O) groups is 3. The molecule has 6 nitrogen and oxygen atoms in total. The summed E-state index contributed by atoms with van der Waals surface area (Å²) in [6, 6.07) is 0. The van der Waals surface area contributed by atoms with Crippen LogP contribution in [0.15, 0.2) is 0 Å². The first-order valence-corrected chi connectivity index (χ1v) is 5.44. The van der Waals surface area contributed by atoms with Crippen molar-refractivity contribution in [1.82, 2.24) is 0 Å². The molecule has 16 heavy (non-hydrogen) atoms. The number of ether oxygens (including phenoxy) is 3. The van der Waals surface area contributed by atoms with Crippen LogP contribution in [-0.4, -0.2) is 44.6 Å². The average Bonchev–Trinajstić information content (AvgIpc) is 2.32. The first kappa shape index (κ1) is 14.9. The molecule has 0 amide bonds. The van der Waals surface area contributed by atoms with Crippen molar-refractivity contribution < 1.29 is 28.6 Å². The molecule has 0 aromatic rings. The lowest BCUT2D eigenvalue weighted by Crippen LogP contribution is -2.48. The van der Waals surface area contributed by atoms with Crippen molar-refractivity contribution in [2.75, 3.05) is 26.7 Å². The van der Waals surface area contributed by atoms with Crippen LogP contribution in [0, 0.1) is 5.41 Å². The van der Waals surface area contributed by atoms with Crippen LogP contribution in [0.4, 0.5) is 0 Å². The van der Waals surface area contributed by atoms with Crippen LogP contribution in [-0.2, 0) is 28.6 Å². The first-order valence-electron chi connectivity index (χ1n) is 4.32. The quantitative estimate of drug-likeness (QED) is 0.314. The lowest BCUT2D eigenvalue weighted by Gasteiger charge is -2.24. The summed E-state index contributed by atoms with van der Waals surface area (Å²) < 4.78 is 13.4. The van der Waals surface area contributed by atoms with Gasteiger partial charge in [0.15, 0.2) is 0 Å². The summed E-state index contributed by atoms with van der Waals surface area (Å²) in [7, 11) is 3.24. The number of methoxy groups -OCH3 is 3. The zero-order valence-electron chi connectivity index (χ0n) is 9.24. The second kappa shape index (κ2) is 6.47. The van der Waals surface area contributed by atoms with Crippen LogP contribution >= 0.6 is 15.9 Å². The Balaban J connectivity index is 5.47. The predicted octanol–water partition coefficient (Wildman–Crippen LogP) is 0.277. The Bertz CT molecular complexity index is 247. The van der Waals surface area contributed by atoms with Crippen molar-refractivity contribution in [3.8, 4) is 0 Å². The molecular formula is C9H13BrO6. The van der Waals surface area contributed by atoms with Gasteiger partial charge in [0.1, 0.15) is 0 Å². The van der Waals surface area contributed by atoms with Crippen LogP contribution < -0.4 is 0 Å². The number of halogens is 1. The Labute approximate surface area is 101 Å². The van der Waals surface area contributed by atoms with Crippen LogP contribution in [0.25, 0.3) is 0 Å². The van der Waals surface area contributed by atoms with Crippen LogP contribution in [0.3, 0.4) is 0 Å². The normalized spacial score (nSPS) is 10.5. The smallest absolute Gasteiger partial charge is 0.334 e. The molecule has 0 aromatic heterocycles. The number of rotatable bonds is 5. The molecule has 0 bridgehead atoms. The number of hydrogen-bond acceptors (Lipinski definition) is 6. The fourth-order valence-corrected chi connectivity index (χ4v) is 1.82. The van der Waals surface area contributed by atoms with Gasteiger partial charge in [-0.05, 0) is 6.42 Å². The standard InChI is InChI=1S/C9H13BrO6/c1-14-6(11)9(4-5-10,7(12)15-2)8(13)16-3/h4-5H2,1-3H3. The van der Waals surface area contributed by atoms with Gasteiger partial charge in [0.05, 0.1) is 21.3 Å². The molecule has 0 fully saturated rings. The van der Waals surface area contributed by atoms with Gasteiger partial charge >= 0.3 is 17.9 Å². The molecule has 7 heteroatoms. The molecule has 0 aliphatic heterocycles. The molecule has 0 aliphatic carbocycles. The molecule has 0 aromatic carbocycles. The summed E-state index contributed by atoms with van der Waals surface area (Å²) in [5, 5.41) is 0.242. The fourth-order valence-electron chi connectivity index (χ4n) is 1.22. The molecule has 0 aliphatic rings. The van der Waals surface area contributed by atoms with Gasteiger partial charge in [0.2, 0.25) is 0 Å². The van der Waals surface area contributed by atoms with E-state index in [0.717, 1.165) is 21.3 Å².